The third kappa shape index (κ3) is 6.26. The van der Waals surface area contributed by atoms with Crippen LogP contribution in [0.2, 0.25) is 0 Å². The second-order valence-electron chi connectivity index (χ2n) is 10.3. The first-order chi connectivity index (χ1) is 18.1. The third-order valence-electron chi connectivity index (χ3n) is 6.11. The molecule has 4 rings (SSSR count). The van der Waals surface area contributed by atoms with Crippen LogP contribution in [-0.2, 0) is 24.3 Å². The lowest BCUT2D eigenvalue weighted by molar-refractivity contribution is 0.224. The normalized spacial score (nSPS) is 13.5. The molecule has 13 heteroatoms. The molecule has 1 N–H and O–H groups in total. The van der Waals surface area contributed by atoms with Crippen molar-refractivity contribution in [2.45, 2.75) is 38.6 Å². The maximum Gasteiger partial charge on any atom is 0.269 e. The van der Waals surface area contributed by atoms with Crippen molar-refractivity contribution in [3.63, 3.8) is 0 Å². The Labute approximate surface area is 226 Å². The van der Waals surface area contributed by atoms with Gasteiger partial charge in [-0.05, 0) is 36.6 Å². The average molecular weight is 579 g/mol. The quantitative estimate of drug-likeness (QED) is 0.298. The highest BCUT2D eigenvalue weighted by Gasteiger charge is 2.28. The van der Waals surface area contributed by atoms with Gasteiger partial charge in [0.25, 0.3) is 20.1 Å². The Morgan fingerprint density at radius 2 is 1.69 bits per heavy atom. The van der Waals surface area contributed by atoms with Crippen LogP contribution in [0.5, 0.6) is 0 Å². The molecule has 39 heavy (non-hydrogen) atoms. The molecule has 208 valence electrons. The van der Waals surface area contributed by atoms with Crippen LogP contribution in [-0.4, -0.2) is 49.7 Å². The van der Waals surface area contributed by atoms with Gasteiger partial charge in [-0.2, -0.15) is 8.42 Å². The van der Waals surface area contributed by atoms with Crippen molar-refractivity contribution in [2.75, 3.05) is 18.2 Å². The number of benzene rings is 1. The summed E-state index contributed by atoms with van der Waals surface area (Å²) < 4.78 is 85.1. The van der Waals surface area contributed by atoms with Crippen molar-refractivity contribution in [2.24, 2.45) is 5.41 Å². The predicted octanol–water partition coefficient (Wildman–Crippen LogP) is 4.72. The molecule has 0 spiro atoms. The number of rotatable bonds is 8. The molecule has 1 atom stereocenters. The summed E-state index contributed by atoms with van der Waals surface area (Å²) in [5.41, 5.74) is 0.621. The first kappa shape index (κ1) is 28.6. The monoisotopic (exact) mass is 578 g/mol. The van der Waals surface area contributed by atoms with Gasteiger partial charge in [-0.15, -0.1) is 0 Å². The number of aromatic nitrogens is 3. The summed E-state index contributed by atoms with van der Waals surface area (Å²) in [6.45, 7) is 7.05. The van der Waals surface area contributed by atoms with Gasteiger partial charge < -0.3 is 5.32 Å². The predicted molar refractivity (Wildman–Crippen MR) is 144 cm³/mol. The van der Waals surface area contributed by atoms with E-state index in [0.717, 1.165) is 34.3 Å². The van der Waals surface area contributed by atoms with Crippen molar-refractivity contribution in [3.05, 3.63) is 72.2 Å². The van der Waals surface area contributed by atoms with E-state index in [4.69, 9.17) is 4.18 Å². The van der Waals surface area contributed by atoms with Crippen molar-refractivity contribution >= 4 is 36.9 Å². The summed E-state index contributed by atoms with van der Waals surface area (Å²) in [4.78, 5) is 8.16. The Balaban J connectivity index is 1.83. The number of nitrogens with zero attached hydrogens (tertiary/aromatic N) is 3. The number of hydrogen-bond donors (Lipinski definition) is 1. The molecular weight excluding hydrogens is 550 g/mol. The van der Waals surface area contributed by atoms with Crippen molar-refractivity contribution < 1.29 is 29.8 Å². The van der Waals surface area contributed by atoms with Gasteiger partial charge in [-0.1, -0.05) is 38.5 Å². The highest BCUT2D eigenvalue weighted by atomic mass is 32.2. The first-order valence-electron chi connectivity index (χ1n) is 11.8. The summed E-state index contributed by atoms with van der Waals surface area (Å²) in [6, 6.07) is 8.08. The van der Waals surface area contributed by atoms with Gasteiger partial charge in [0, 0.05) is 17.1 Å². The minimum absolute atomic E-state index is 0.0102. The zero-order valence-corrected chi connectivity index (χ0v) is 23.6. The Kier molecular flexibility index (Phi) is 7.54. The number of anilines is 1. The largest absolute Gasteiger partial charge is 0.377 e. The molecule has 3 aromatic heterocycles. The molecule has 0 aliphatic heterocycles. The van der Waals surface area contributed by atoms with Crippen LogP contribution in [0.1, 0.15) is 26.3 Å². The molecule has 0 saturated heterocycles. The topological polar surface area (TPSA) is 120 Å². The Morgan fingerprint density at radius 1 is 1.03 bits per heavy atom. The fourth-order valence-corrected chi connectivity index (χ4v) is 5.56. The van der Waals surface area contributed by atoms with E-state index >= 15 is 0 Å². The highest BCUT2D eigenvalue weighted by Crippen LogP contribution is 2.34. The smallest absolute Gasteiger partial charge is 0.269 e. The van der Waals surface area contributed by atoms with E-state index in [-0.39, 0.29) is 39.5 Å². The number of halogens is 2. The van der Waals surface area contributed by atoms with E-state index in [1.54, 1.807) is 12.1 Å². The zero-order valence-electron chi connectivity index (χ0n) is 21.9. The van der Waals surface area contributed by atoms with Crippen LogP contribution in [0.3, 0.4) is 0 Å². The first-order valence-corrected chi connectivity index (χ1v) is 15.1. The van der Waals surface area contributed by atoms with Crippen LogP contribution in [0.15, 0.2) is 59.9 Å². The minimum Gasteiger partial charge on any atom is -0.377 e. The van der Waals surface area contributed by atoms with E-state index < -0.39 is 43.2 Å². The fourth-order valence-electron chi connectivity index (χ4n) is 3.85. The van der Waals surface area contributed by atoms with Gasteiger partial charge in [0.05, 0.1) is 47.6 Å². The SMILES string of the molecule is Cc1ccc(S(=O)(=O)n2cc(-c3cc(N[C@@H](COS(C)(=O)=O)C(C)(C)C)c(F)cn3)c3cc(F)cnc32)cc1. The van der Waals surface area contributed by atoms with E-state index in [9.17, 15) is 25.6 Å². The van der Waals surface area contributed by atoms with Gasteiger partial charge >= 0.3 is 0 Å². The summed E-state index contributed by atoms with van der Waals surface area (Å²) in [5, 5.41) is 3.13. The molecule has 0 unspecified atom stereocenters. The van der Waals surface area contributed by atoms with Crippen LogP contribution in [0.25, 0.3) is 22.3 Å². The van der Waals surface area contributed by atoms with Gasteiger partial charge in [0.1, 0.15) is 5.82 Å². The second kappa shape index (κ2) is 10.3. The minimum atomic E-state index is -4.12. The number of pyridine rings is 2. The summed E-state index contributed by atoms with van der Waals surface area (Å²) in [7, 11) is -7.87. The summed E-state index contributed by atoms with van der Waals surface area (Å²) >= 11 is 0. The molecule has 0 fully saturated rings. The lowest BCUT2D eigenvalue weighted by Gasteiger charge is -2.32. The third-order valence-corrected chi connectivity index (χ3v) is 8.34. The van der Waals surface area contributed by atoms with E-state index in [1.807, 2.05) is 27.7 Å². The molecule has 9 nitrogen and oxygen atoms in total. The number of hydrogen-bond acceptors (Lipinski definition) is 8. The summed E-state index contributed by atoms with van der Waals surface area (Å²) in [5.74, 6) is -1.42. The highest BCUT2D eigenvalue weighted by molar-refractivity contribution is 7.90. The summed E-state index contributed by atoms with van der Waals surface area (Å²) in [6.07, 6.45) is 4.04. The Hall–Kier alpha value is -3.42. The zero-order chi connectivity index (χ0) is 28.8. The lowest BCUT2D eigenvalue weighted by atomic mass is 9.87. The molecular formula is C26H28F2N4O5S2. The molecule has 0 saturated carbocycles. The molecule has 3 heterocycles. The van der Waals surface area contributed by atoms with E-state index in [2.05, 4.69) is 15.3 Å². The number of fused-ring (bicyclic) bond motifs is 1. The fraction of sp³-hybridized carbons (Fsp3) is 0.308. The van der Waals surface area contributed by atoms with Gasteiger partial charge in [0.2, 0.25) is 0 Å². The Bertz CT molecular complexity index is 1750. The maximum atomic E-state index is 14.9. The molecule has 0 aliphatic rings. The van der Waals surface area contributed by atoms with Gasteiger partial charge in [0.15, 0.2) is 11.5 Å². The number of nitrogens with one attached hydrogen (secondary N) is 1. The van der Waals surface area contributed by atoms with Crippen LogP contribution in [0.4, 0.5) is 14.5 Å². The average Bonchev–Trinajstić information content (AvgIpc) is 3.21. The van der Waals surface area contributed by atoms with Crippen molar-refractivity contribution in [3.8, 4) is 11.3 Å². The lowest BCUT2D eigenvalue weighted by Crippen LogP contribution is -2.39. The van der Waals surface area contributed by atoms with Crippen molar-refractivity contribution in [1.29, 1.82) is 0 Å². The molecule has 0 radical (unpaired) electrons. The van der Waals surface area contributed by atoms with Crippen molar-refractivity contribution in [1.82, 2.24) is 13.9 Å². The van der Waals surface area contributed by atoms with Crippen LogP contribution >= 0.6 is 0 Å². The molecule has 0 amide bonds. The van der Waals surface area contributed by atoms with Crippen LogP contribution in [0, 0.1) is 24.0 Å². The van der Waals surface area contributed by atoms with E-state index in [0.29, 0.717) is 0 Å². The molecule has 4 aromatic rings. The van der Waals surface area contributed by atoms with Crippen LogP contribution < -0.4 is 5.32 Å². The maximum absolute atomic E-state index is 14.9. The molecule has 0 bridgehead atoms. The molecule has 0 aliphatic carbocycles. The molecule has 1 aromatic carbocycles. The standard InChI is InChI=1S/C26H28F2N4O5S2/c1-16-6-8-18(9-7-16)39(35,36)32-14-20(19-10-17(27)12-30-25(19)32)22-11-23(21(28)13-29-22)31-24(26(2,3)4)15-37-38(5,33)34/h6-14,24H,15H2,1-5H3,(H,29,31)/t24-/m0/s1. The Morgan fingerprint density at radius 3 is 2.31 bits per heavy atom. The second-order valence-corrected chi connectivity index (χ2v) is 13.7. The van der Waals surface area contributed by atoms with E-state index in [1.165, 1.54) is 24.4 Å². The van der Waals surface area contributed by atoms with Gasteiger partial charge in [-0.3, -0.25) is 9.17 Å². The number of aryl methyl sites for hydroxylation is 1. The van der Waals surface area contributed by atoms with Gasteiger partial charge in [-0.25, -0.2) is 26.2 Å².